The van der Waals surface area contributed by atoms with Gasteiger partial charge in [0.25, 0.3) is 0 Å². The van der Waals surface area contributed by atoms with Crippen LogP contribution in [0.4, 0.5) is 4.79 Å². The molecule has 0 aliphatic carbocycles. The van der Waals surface area contributed by atoms with Gasteiger partial charge in [-0.1, -0.05) is 20.3 Å². The second-order valence-electron chi connectivity index (χ2n) is 3.54. The Balaban J connectivity index is 4.59. The standard InChI is InChI=1S/C9H16ClN3O4/c1-3-6(2)7(8(14)15)11-9(16)13(12-17)5-4-10/h6-7H,3-5H2,1-2H3,(H,11,16)(H,14,15)/t6-,7-/m0/s1. The Morgan fingerprint density at radius 3 is 2.47 bits per heavy atom. The maximum Gasteiger partial charge on any atom is 0.341 e. The number of nitroso groups, excluding NO2 is 1. The van der Waals surface area contributed by atoms with Gasteiger partial charge in [0.05, 0.1) is 11.8 Å². The molecule has 0 saturated heterocycles. The van der Waals surface area contributed by atoms with Crippen molar-refractivity contribution in [2.24, 2.45) is 11.2 Å². The Bertz CT molecular complexity index is 287. The van der Waals surface area contributed by atoms with Crippen molar-refractivity contribution in [3.05, 3.63) is 4.91 Å². The summed E-state index contributed by atoms with van der Waals surface area (Å²) in [6, 6.07) is -1.90. The summed E-state index contributed by atoms with van der Waals surface area (Å²) in [5, 5.41) is 14.2. The summed E-state index contributed by atoms with van der Waals surface area (Å²) in [5.41, 5.74) is 0. The van der Waals surface area contributed by atoms with E-state index in [0.29, 0.717) is 11.4 Å². The van der Waals surface area contributed by atoms with E-state index in [1.165, 1.54) is 0 Å². The van der Waals surface area contributed by atoms with Crippen LogP contribution in [0.15, 0.2) is 5.29 Å². The molecule has 98 valence electrons. The minimum Gasteiger partial charge on any atom is -0.480 e. The first kappa shape index (κ1) is 15.6. The van der Waals surface area contributed by atoms with Crippen LogP contribution in [0.25, 0.3) is 0 Å². The zero-order chi connectivity index (χ0) is 13.4. The van der Waals surface area contributed by atoms with Crippen LogP contribution in [0.3, 0.4) is 0 Å². The summed E-state index contributed by atoms with van der Waals surface area (Å²) in [7, 11) is 0. The number of amides is 2. The molecule has 0 bridgehead atoms. The third-order valence-corrected chi connectivity index (χ3v) is 2.56. The fraction of sp³-hybridized carbons (Fsp3) is 0.778. The van der Waals surface area contributed by atoms with Crippen LogP contribution in [0, 0.1) is 10.8 Å². The second kappa shape index (κ2) is 7.83. The van der Waals surface area contributed by atoms with E-state index in [2.05, 4.69) is 10.6 Å². The first-order valence-corrected chi connectivity index (χ1v) is 5.71. The van der Waals surface area contributed by atoms with E-state index in [0.717, 1.165) is 0 Å². The maximum atomic E-state index is 11.5. The van der Waals surface area contributed by atoms with E-state index in [1.807, 2.05) is 0 Å². The van der Waals surface area contributed by atoms with Crippen molar-refractivity contribution >= 4 is 23.6 Å². The van der Waals surface area contributed by atoms with Crippen LogP contribution in [0.1, 0.15) is 20.3 Å². The number of carbonyl (C=O) groups is 2. The average molecular weight is 266 g/mol. The van der Waals surface area contributed by atoms with Crippen LogP contribution < -0.4 is 5.32 Å². The van der Waals surface area contributed by atoms with E-state index >= 15 is 0 Å². The van der Waals surface area contributed by atoms with E-state index in [4.69, 9.17) is 16.7 Å². The predicted octanol–water partition coefficient (Wildman–Crippen LogP) is 1.42. The molecule has 0 aromatic rings. The Hall–Kier alpha value is -1.37. The number of alkyl halides is 1. The highest BCUT2D eigenvalue weighted by Crippen LogP contribution is 2.08. The average Bonchev–Trinajstić information content (AvgIpc) is 2.31. The molecule has 2 amide bonds. The molecule has 2 atom stereocenters. The maximum absolute atomic E-state index is 11.5. The molecule has 0 aliphatic rings. The SMILES string of the molecule is CC[C@H](C)[C@H](NC(=O)N(CCCl)N=O)C(=O)O. The highest BCUT2D eigenvalue weighted by atomic mass is 35.5. The number of hydrogen-bond donors (Lipinski definition) is 2. The Kier molecular flexibility index (Phi) is 7.20. The van der Waals surface area contributed by atoms with Crippen molar-refractivity contribution < 1.29 is 14.7 Å². The van der Waals surface area contributed by atoms with Crippen molar-refractivity contribution in [2.75, 3.05) is 12.4 Å². The number of nitrogens with one attached hydrogen (secondary N) is 1. The van der Waals surface area contributed by atoms with E-state index in [9.17, 15) is 14.5 Å². The smallest absolute Gasteiger partial charge is 0.341 e. The molecular weight excluding hydrogens is 250 g/mol. The van der Waals surface area contributed by atoms with Crippen LogP contribution in [0.5, 0.6) is 0 Å². The summed E-state index contributed by atoms with van der Waals surface area (Å²) in [5.74, 6) is -1.36. The molecule has 0 saturated carbocycles. The quantitative estimate of drug-likeness (QED) is 0.413. The molecule has 0 radical (unpaired) electrons. The highest BCUT2D eigenvalue weighted by molar-refractivity contribution is 6.18. The van der Waals surface area contributed by atoms with Gasteiger partial charge in [-0.2, -0.15) is 5.01 Å². The zero-order valence-corrected chi connectivity index (χ0v) is 10.5. The summed E-state index contributed by atoms with van der Waals surface area (Å²) in [4.78, 5) is 32.8. The Morgan fingerprint density at radius 2 is 2.12 bits per heavy atom. The summed E-state index contributed by atoms with van der Waals surface area (Å²) >= 11 is 5.37. The molecular formula is C9H16ClN3O4. The van der Waals surface area contributed by atoms with Gasteiger partial charge in [-0.05, 0) is 5.92 Å². The van der Waals surface area contributed by atoms with Gasteiger partial charge >= 0.3 is 12.0 Å². The van der Waals surface area contributed by atoms with Crippen molar-refractivity contribution in [3.63, 3.8) is 0 Å². The number of carboxylic acids is 1. The molecule has 0 aromatic heterocycles. The number of hydrogen-bond acceptors (Lipinski definition) is 4. The number of carbonyl (C=O) groups excluding carboxylic acids is 1. The third-order valence-electron chi connectivity index (χ3n) is 2.39. The van der Waals surface area contributed by atoms with Gasteiger partial charge in [0.15, 0.2) is 0 Å². The van der Waals surface area contributed by atoms with Crippen LogP contribution >= 0.6 is 11.6 Å². The van der Waals surface area contributed by atoms with Crippen LogP contribution in [0.2, 0.25) is 0 Å². The van der Waals surface area contributed by atoms with Crippen molar-refractivity contribution in [1.82, 2.24) is 10.3 Å². The molecule has 0 rings (SSSR count). The summed E-state index contributed by atoms with van der Waals surface area (Å²) in [6.45, 7) is 3.43. The number of rotatable bonds is 7. The lowest BCUT2D eigenvalue weighted by Crippen LogP contribution is -2.49. The second-order valence-corrected chi connectivity index (χ2v) is 3.92. The van der Waals surface area contributed by atoms with Gasteiger partial charge in [-0.25, -0.2) is 9.59 Å². The minimum atomic E-state index is -1.15. The van der Waals surface area contributed by atoms with Gasteiger partial charge in [-0.3, -0.25) is 0 Å². The largest absolute Gasteiger partial charge is 0.480 e. The Labute approximate surface area is 104 Å². The predicted molar refractivity (Wildman–Crippen MR) is 62.6 cm³/mol. The molecule has 0 unspecified atom stereocenters. The molecule has 8 heteroatoms. The number of carboxylic acid groups (broad SMARTS) is 1. The normalized spacial score (nSPS) is 13.6. The number of nitrogens with zero attached hydrogens (tertiary/aromatic N) is 2. The van der Waals surface area contributed by atoms with Gasteiger partial charge < -0.3 is 10.4 Å². The Morgan fingerprint density at radius 1 is 1.53 bits per heavy atom. The third kappa shape index (κ3) is 4.99. The minimum absolute atomic E-state index is 0.0419. The van der Waals surface area contributed by atoms with Gasteiger partial charge in [-0.15, -0.1) is 16.5 Å². The number of urea groups is 1. The molecule has 2 N–H and O–H groups in total. The molecule has 0 aliphatic heterocycles. The first-order chi connectivity index (χ1) is 7.97. The first-order valence-electron chi connectivity index (χ1n) is 5.17. The van der Waals surface area contributed by atoms with Gasteiger partial charge in [0.1, 0.15) is 6.04 Å². The number of halogens is 1. The number of aliphatic carboxylic acids is 1. The lowest BCUT2D eigenvalue weighted by molar-refractivity contribution is -0.140. The van der Waals surface area contributed by atoms with Crippen LogP contribution in [-0.2, 0) is 4.79 Å². The van der Waals surface area contributed by atoms with E-state index in [1.54, 1.807) is 13.8 Å². The van der Waals surface area contributed by atoms with Gasteiger partial charge in [0, 0.05) is 5.88 Å². The van der Waals surface area contributed by atoms with Crippen LogP contribution in [-0.4, -0.2) is 40.6 Å². The van der Waals surface area contributed by atoms with Crippen molar-refractivity contribution in [2.45, 2.75) is 26.3 Å². The molecule has 0 aromatic carbocycles. The lowest BCUT2D eigenvalue weighted by atomic mass is 9.99. The fourth-order valence-corrected chi connectivity index (χ4v) is 1.31. The van der Waals surface area contributed by atoms with Gasteiger partial charge in [0.2, 0.25) is 0 Å². The van der Waals surface area contributed by atoms with Crippen molar-refractivity contribution in [3.8, 4) is 0 Å². The molecule has 0 spiro atoms. The molecule has 0 fully saturated rings. The summed E-state index contributed by atoms with van der Waals surface area (Å²) in [6.07, 6.45) is 0.585. The molecule has 0 heterocycles. The van der Waals surface area contributed by atoms with E-state index in [-0.39, 0.29) is 18.3 Å². The zero-order valence-electron chi connectivity index (χ0n) is 9.72. The molecule has 7 nitrogen and oxygen atoms in total. The monoisotopic (exact) mass is 265 g/mol. The fourth-order valence-electron chi connectivity index (χ4n) is 1.15. The molecule has 17 heavy (non-hydrogen) atoms. The highest BCUT2D eigenvalue weighted by Gasteiger charge is 2.27. The lowest BCUT2D eigenvalue weighted by Gasteiger charge is -2.22. The van der Waals surface area contributed by atoms with E-state index < -0.39 is 18.0 Å². The summed E-state index contributed by atoms with van der Waals surface area (Å²) < 4.78 is 0. The topological polar surface area (TPSA) is 99.1 Å². The van der Waals surface area contributed by atoms with Crippen molar-refractivity contribution in [1.29, 1.82) is 0 Å².